The van der Waals surface area contributed by atoms with Crippen molar-refractivity contribution < 1.29 is 24.2 Å². The van der Waals surface area contributed by atoms with Crippen LogP contribution in [0.4, 0.5) is 0 Å². The van der Waals surface area contributed by atoms with E-state index in [9.17, 15) is 9.59 Å². The molecule has 29 heavy (non-hydrogen) atoms. The van der Waals surface area contributed by atoms with Gasteiger partial charge in [-0.1, -0.05) is 13.3 Å². The zero-order chi connectivity index (χ0) is 21.2. The fourth-order valence-corrected chi connectivity index (χ4v) is 3.78. The second kappa shape index (κ2) is 11.5. The number of aryl methyl sites for hydroxylation is 1. The van der Waals surface area contributed by atoms with Crippen LogP contribution in [0.3, 0.4) is 0 Å². The summed E-state index contributed by atoms with van der Waals surface area (Å²) < 4.78 is 7.04. The molecular formula is C19H31N5O5. The highest BCUT2D eigenvalue weighted by Gasteiger charge is 2.31. The molecular weight excluding hydrogens is 378 g/mol. The quantitative estimate of drug-likeness (QED) is 0.648. The Bertz CT molecular complexity index is 674. The van der Waals surface area contributed by atoms with E-state index in [1.54, 1.807) is 17.1 Å². The Labute approximate surface area is 170 Å². The second-order valence-electron chi connectivity index (χ2n) is 7.26. The predicted octanol–water partition coefficient (Wildman–Crippen LogP) is -0.190. The van der Waals surface area contributed by atoms with Gasteiger partial charge in [0.25, 0.3) is 12.4 Å². The number of hydrogen-bond acceptors (Lipinski definition) is 6. The average Bonchev–Trinajstić information content (AvgIpc) is 3.16. The Morgan fingerprint density at radius 3 is 2.62 bits per heavy atom. The first-order valence-electron chi connectivity index (χ1n) is 9.93. The fourth-order valence-electron chi connectivity index (χ4n) is 3.78. The smallest absolute Gasteiger partial charge is 0.290 e. The van der Waals surface area contributed by atoms with Crippen LogP contribution in [0.25, 0.3) is 0 Å². The van der Waals surface area contributed by atoms with Crippen LogP contribution in [0.15, 0.2) is 12.5 Å². The lowest BCUT2D eigenvalue weighted by atomic mass is 9.89. The van der Waals surface area contributed by atoms with Crippen LogP contribution in [0, 0.1) is 5.92 Å². The van der Waals surface area contributed by atoms with Crippen LogP contribution in [0.5, 0.6) is 0 Å². The van der Waals surface area contributed by atoms with Gasteiger partial charge in [-0.25, -0.2) is 4.98 Å². The third-order valence-corrected chi connectivity index (χ3v) is 5.43. The zero-order valence-electron chi connectivity index (χ0n) is 17.1. The number of nitrogens with zero attached hydrogens (tertiary/aromatic N) is 4. The van der Waals surface area contributed by atoms with Crippen molar-refractivity contribution in [2.75, 3.05) is 45.9 Å². The Morgan fingerprint density at radius 2 is 2.03 bits per heavy atom. The molecule has 2 amide bonds. The van der Waals surface area contributed by atoms with E-state index in [0.717, 1.165) is 25.9 Å². The summed E-state index contributed by atoms with van der Waals surface area (Å²) in [6.45, 7) is 6.64. The molecule has 0 aromatic carbocycles. The summed E-state index contributed by atoms with van der Waals surface area (Å²) in [7, 11) is 1.82. The minimum absolute atomic E-state index is 0.0775. The van der Waals surface area contributed by atoms with Crippen LogP contribution < -0.4 is 5.32 Å². The number of hydrogen-bond donors (Lipinski definition) is 2. The van der Waals surface area contributed by atoms with Gasteiger partial charge in [0.2, 0.25) is 5.91 Å². The van der Waals surface area contributed by atoms with Crippen LogP contribution in [0.2, 0.25) is 0 Å². The number of likely N-dealkylation sites (tertiary alicyclic amines) is 1. The van der Waals surface area contributed by atoms with E-state index in [4.69, 9.17) is 14.6 Å². The molecule has 2 aliphatic rings. The van der Waals surface area contributed by atoms with E-state index < -0.39 is 0 Å². The minimum Gasteiger partial charge on any atom is -0.483 e. The van der Waals surface area contributed by atoms with Gasteiger partial charge in [-0.05, 0) is 12.3 Å². The van der Waals surface area contributed by atoms with E-state index in [1.807, 2.05) is 11.9 Å². The molecule has 2 fully saturated rings. The molecule has 0 unspecified atom stereocenters. The van der Waals surface area contributed by atoms with Crippen LogP contribution in [-0.4, -0.2) is 94.7 Å². The maximum absolute atomic E-state index is 12.5. The Hall–Kier alpha value is -2.46. The molecule has 10 nitrogen and oxygen atoms in total. The summed E-state index contributed by atoms with van der Waals surface area (Å²) in [5, 5.41) is 10.1. The second-order valence-corrected chi connectivity index (χ2v) is 7.26. The van der Waals surface area contributed by atoms with E-state index in [2.05, 4.69) is 22.1 Å². The predicted molar refractivity (Wildman–Crippen MR) is 105 cm³/mol. The van der Waals surface area contributed by atoms with Gasteiger partial charge in [-0.2, -0.15) is 0 Å². The van der Waals surface area contributed by atoms with Gasteiger partial charge in [-0.15, -0.1) is 0 Å². The number of ether oxygens (including phenoxy) is 1. The molecule has 2 aliphatic heterocycles. The van der Waals surface area contributed by atoms with Gasteiger partial charge in [0.1, 0.15) is 5.69 Å². The maximum atomic E-state index is 12.5. The van der Waals surface area contributed by atoms with Gasteiger partial charge >= 0.3 is 0 Å². The molecule has 0 bridgehead atoms. The number of amides is 2. The number of rotatable bonds is 5. The largest absolute Gasteiger partial charge is 0.483 e. The molecule has 10 heteroatoms. The zero-order valence-corrected chi connectivity index (χ0v) is 17.1. The first kappa shape index (κ1) is 22.8. The third-order valence-electron chi connectivity index (χ3n) is 5.43. The van der Waals surface area contributed by atoms with Gasteiger partial charge in [0.05, 0.1) is 32.3 Å². The molecule has 3 heterocycles. The van der Waals surface area contributed by atoms with Gasteiger partial charge < -0.3 is 24.6 Å². The summed E-state index contributed by atoms with van der Waals surface area (Å²) in [6.07, 6.45) is 5.05. The minimum atomic E-state index is -0.250. The number of carbonyl (C=O) groups is 3. The number of nitrogens with one attached hydrogen (secondary N) is 1. The lowest BCUT2D eigenvalue weighted by Crippen LogP contribution is -2.53. The molecule has 0 aliphatic carbocycles. The third kappa shape index (κ3) is 6.53. The van der Waals surface area contributed by atoms with E-state index >= 15 is 0 Å². The monoisotopic (exact) mass is 409 g/mol. The van der Waals surface area contributed by atoms with Crippen LogP contribution in [-0.2, 0) is 21.4 Å². The Morgan fingerprint density at radius 1 is 1.34 bits per heavy atom. The molecule has 2 N–H and O–H groups in total. The van der Waals surface area contributed by atoms with Crippen molar-refractivity contribution in [3.8, 4) is 0 Å². The number of carbonyl (C=O) groups excluding carboxylic acids is 2. The van der Waals surface area contributed by atoms with Crippen LogP contribution in [0.1, 0.15) is 30.3 Å². The Balaban J connectivity index is 0.000000941. The summed E-state index contributed by atoms with van der Waals surface area (Å²) in [4.78, 5) is 41.4. The highest BCUT2D eigenvalue weighted by molar-refractivity contribution is 5.92. The van der Waals surface area contributed by atoms with Crippen molar-refractivity contribution in [1.82, 2.24) is 24.7 Å². The molecule has 3 rings (SSSR count). The van der Waals surface area contributed by atoms with Crippen molar-refractivity contribution >= 4 is 18.3 Å². The molecule has 0 saturated carbocycles. The number of aromatic nitrogens is 2. The van der Waals surface area contributed by atoms with Gasteiger partial charge in [0, 0.05) is 39.3 Å². The molecule has 1 aromatic rings. The van der Waals surface area contributed by atoms with E-state index in [1.165, 1.54) is 0 Å². The van der Waals surface area contributed by atoms with E-state index in [-0.39, 0.29) is 24.3 Å². The molecule has 162 valence electrons. The molecule has 1 aromatic heterocycles. The topological polar surface area (TPSA) is 117 Å². The van der Waals surface area contributed by atoms with Crippen molar-refractivity contribution in [1.29, 1.82) is 0 Å². The lowest BCUT2D eigenvalue weighted by Gasteiger charge is -2.39. The summed E-state index contributed by atoms with van der Waals surface area (Å²) in [6, 6.07) is 0.136. The number of carboxylic acid groups (broad SMARTS) is 1. The first-order valence-corrected chi connectivity index (χ1v) is 9.93. The highest BCUT2D eigenvalue weighted by atomic mass is 16.5. The van der Waals surface area contributed by atoms with Crippen molar-refractivity contribution in [3.05, 3.63) is 18.2 Å². The number of imidazole rings is 1. The SMILES string of the molecule is CC[C@@H]1CN(CC(=O)N2CCOCC2)CC[C@@H]1NC(=O)c1cncn1C.O=CO. The van der Waals surface area contributed by atoms with Gasteiger partial charge in [-0.3, -0.25) is 19.3 Å². The van der Waals surface area contributed by atoms with Crippen LogP contribution >= 0.6 is 0 Å². The Kier molecular flexibility index (Phi) is 9.07. The molecule has 0 radical (unpaired) electrons. The van der Waals surface area contributed by atoms with E-state index in [0.29, 0.717) is 44.5 Å². The summed E-state index contributed by atoms with van der Waals surface area (Å²) >= 11 is 0. The van der Waals surface area contributed by atoms with Crippen molar-refractivity contribution in [2.24, 2.45) is 13.0 Å². The molecule has 2 saturated heterocycles. The van der Waals surface area contributed by atoms with Crippen molar-refractivity contribution in [2.45, 2.75) is 25.8 Å². The molecule has 2 atom stereocenters. The standard InChI is InChI=1S/C18H29N5O3.CH2O2/c1-3-14-11-22(12-17(24)23-6-8-26-9-7-23)5-4-15(14)20-18(25)16-10-19-13-21(16)2;2-1-3/h10,13-15H,3-9,11-12H2,1-2H3,(H,20,25);1H,(H,2,3)/t14-,15+;/m1./s1. The normalized spacial score (nSPS) is 22.3. The number of piperidine rings is 1. The summed E-state index contributed by atoms with van der Waals surface area (Å²) in [5.41, 5.74) is 0.574. The lowest BCUT2D eigenvalue weighted by molar-refractivity contribution is -0.137. The summed E-state index contributed by atoms with van der Waals surface area (Å²) in [5.74, 6) is 0.449. The number of morpholine rings is 1. The first-order chi connectivity index (χ1) is 14.0. The average molecular weight is 409 g/mol. The highest BCUT2D eigenvalue weighted by Crippen LogP contribution is 2.21. The molecule has 0 spiro atoms. The fraction of sp³-hybridized carbons (Fsp3) is 0.684. The van der Waals surface area contributed by atoms with Gasteiger partial charge in [0.15, 0.2) is 0 Å². The van der Waals surface area contributed by atoms with Crippen molar-refractivity contribution in [3.63, 3.8) is 0 Å². The maximum Gasteiger partial charge on any atom is 0.290 e.